The van der Waals surface area contributed by atoms with Crippen molar-refractivity contribution in [3.05, 3.63) is 70.9 Å². The zero-order chi connectivity index (χ0) is 24.9. The molecule has 3 unspecified atom stereocenters. The predicted molar refractivity (Wildman–Crippen MR) is 123 cm³/mol. The van der Waals surface area contributed by atoms with Crippen LogP contribution < -0.4 is 5.32 Å². The number of allylic oxidation sites excluding steroid dienone is 1. The molecule has 0 aliphatic heterocycles. The van der Waals surface area contributed by atoms with Crippen molar-refractivity contribution in [3.8, 4) is 0 Å². The van der Waals surface area contributed by atoms with Gasteiger partial charge in [-0.25, -0.2) is 18.2 Å². The number of rotatable bonds is 4. The van der Waals surface area contributed by atoms with Crippen LogP contribution in [-0.4, -0.2) is 21.8 Å². The van der Waals surface area contributed by atoms with E-state index in [0.717, 1.165) is 36.4 Å². The maximum atomic E-state index is 14.5. The Bertz CT molecular complexity index is 1230. The van der Waals surface area contributed by atoms with Gasteiger partial charge < -0.3 is 10.4 Å². The first-order chi connectivity index (χ1) is 16.7. The molecule has 3 aliphatic carbocycles. The fraction of sp³-hybridized carbons (Fsp3) is 0.444. The van der Waals surface area contributed by atoms with Gasteiger partial charge in [-0.05, 0) is 73.0 Å². The first kappa shape index (κ1) is 23.6. The first-order valence-electron chi connectivity index (χ1n) is 12.0. The third-order valence-electron chi connectivity index (χ3n) is 8.47. The number of ketones is 1. The topological polar surface area (TPSA) is 79.3 Å². The predicted octanol–water partition coefficient (Wildman–Crippen LogP) is 5.62. The van der Waals surface area contributed by atoms with Crippen LogP contribution in [0.5, 0.6) is 0 Å². The second-order valence-corrected chi connectivity index (χ2v) is 10.2. The first-order valence-corrected chi connectivity index (χ1v) is 12.0. The summed E-state index contributed by atoms with van der Waals surface area (Å²) in [6.07, 6.45) is 4.66. The van der Waals surface area contributed by atoms with Crippen LogP contribution in [0.25, 0.3) is 0 Å². The number of hydrogen-bond acceptors (Lipinski definition) is 4. The standard InChI is InChI=1S/C27H27F3N2O3/c1-27-10-9-16-15-3-2-4-21(29)17(15)5-6-18(16)24(27)19(20(13-33)25(27)35)7-8-23(34)32-26-22(30)11-14(28)12-31-26/h2-4,11-13,16,18-19,24,33H,5-10H2,1H3,(H,31,32,34)/b20-13-/t16?,18?,19-,24?,27+/m1/s1. The molecule has 2 N–H and O–H groups in total. The number of aliphatic hydroxyl groups excluding tert-OH is 1. The smallest absolute Gasteiger partial charge is 0.225 e. The average molecular weight is 485 g/mol. The number of nitrogens with one attached hydrogen (secondary N) is 1. The van der Waals surface area contributed by atoms with Crippen LogP contribution >= 0.6 is 0 Å². The van der Waals surface area contributed by atoms with Gasteiger partial charge in [0, 0.05) is 23.5 Å². The van der Waals surface area contributed by atoms with Gasteiger partial charge in [-0.3, -0.25) is 9.59 Å². The molecule has 8 heteroatoms. The van der Waals surface area contributed by atoms with E-state index in [2.05, 4.69) is 10.3 Å². The molecule has 0 radical (unpaired) electrons. The molecular formula is C27H27F3N2O3. The molecule has 0 bridgehead atoms. The summed E-state index contributed by atoms with van der Waals surface area (Å²) in [6.45, 7) is 1.94. The van der Waals surface area contributed by atoms with E-state index < -0.39 is 23.0 Å². The van der Waals surface area contributed by atoms with E-state index in [4.69, 9.17) is 0 Å². The Hall–Kier alpha value is -3.16. The number of fused-ring (bicyclic) bond motifs is 5. The molecule has 5 nitrogen and oxygen atoms in total. The molecular weight excluding hydrogens is 457 g/mol. The van der Waals surface area contributed by atoms with Crippen molar-refractivity contribution in [1.82, 2.24) is 4.98 Å². The summed E-state index contributed by atoms with van der Waals surface area (Å²) in [5, 5.41) is 12.4. The Morgan fingerprint density at radius 1 is 1.26 bits per heavy atom. The van der Waals surface area contributed by atoms with Gasteiger partial charge in [0.1, 0.15) is 11.6 Å². The molecule has 2 aromatic rings. The second kappa shape index (κ2) is 8.81. The lowest BCUT2D eigenvalue weighted by molar-refractivity contribution is -0.127. The van der Waals surface area contributed by atoms with Crippen molar-refractivity contribution in [2.75, 3.05) is 5.32 Å². The van der Waals surface area contributed by atoms with Crippen molar-refractivity contribution in [1.29, 1.82) is 0 Å². The number of hydrogen-bond donors (Lipinski definition) is 2. The Labute approximate surface area is 201 Å². The molecule has 35 heavy (non-hydrogen) atoms. The molecule has 2 fully saturated rings. The Morgan fingerprint density at radius 3 is 2.80 bits per heavy atom. The summed E-state index contributed by atoms with van der Waals surface area (Å²) >= 11 is 0. The monoisotopic (exact) mass is 484 g/mol. The van der Waals surface area contributed by atoms with E-state index >= 15 is 0 Å². The summed E-state index contributed by atoms with van der Waals surface area (Å²) in [6, 6.07) is 5.83. The minimum absolute atomic E-state index is 0.0248. The van der Waals surface area contributed by atoms with Crippen LogP contribution in [0.2, 0.25) is 0 Å². The molecule has 1 aromatic heterocycles. The van der Waals surface area contributed by atoms with Crippen molar-refractivity contribution in [3.63, 3.8) is 0 Å². The van der Waals surface area contributed by atoms with E-state index in [0.29, 0.717) is 24.5 Å². The van der Waals surface area contributed by atoms with Crippen LogP contribution in [-0.2, 0) is 16.0 Å². The summed E-state index contributed by atoms with van der Waals surface area (Å²) in [7, 11) is 0. The fourth-order valence-corrected chi connectivity index (χ4v) is 7.00. The third-order valence-corrected chi connectivity index (χ3v) is 8.47. The maximum absolute atomic E-state index is 14.5. The number of amides is 1. The molecule has 1 aromatic carbocycles. The Balaban J connectivity index is 1.40. The van der Waals surface area contributed by atoms with E-state index in [-0.39, 0.29) is 53.9 Å². The average Bonchev–Trinajstić information content (AvgIpc) is 3.05. The van der Waals surface area contributed by atoms with Crippen LogP contribution in [0.3, 0.4) is 0 Å². The van der Waals surface area contributed by atoms with Crippen LogP contribution in [0.15, 0.2) is 42.3 Å². The number of pyridine rings is 1. The highest BCUT2D eigenvalue weighted by Crippen LogP contribution is 2.63. The number of Topliss-reactive ketones (excluding diaryl/α,β-unsaturated/α-hetero) is 1. The van der Waals surface area contributed by atoms with Gasteiger partial charge in [-0.1, -0.05) is 19.1 Å². The highest BCUT2D eigenvalue weighted by atomic mass is 19.1. The highest BCUT2D eigenvalue weighted by Gasteiger charge is 2.60. The lowest BCUT2D eigenvalue weighted by atomic mass is 9.54. The number of carbonyl (C=O) groups is 2. The maximum Gasteiger partial charge on any atom is 0.225 e. The third kappa shape index (κ3) is 3.83. The van der Waals surface area contributed by atoms with Gasteiger partial charge in [0.25, 0.3) is 0 Å². The molecule has 184 valence electrons. The molecule has 5 rings (SSSR count). The molecule has 3 aliphatic rings. The number of aromatic nitrogens is 1. The molecule has 0 saturated heterocycles. The van der Waals surface area contributed by atoms with Crippen LogP contribution in [0, 0.1) is 40.6 Å². The van der Waals surface area contributed by atoms with Gasteiger partial charge in [0.15, 0.2) is 17.4 Å². The SMILES string of the molecule is C[C@]12CCC3c4cccc(F)c4CCC3C1[C@H](CCC(=O)Nc1ncc(F)cc1F)/C(=C/O)C2=O. The minimum Gasteiger partial charge on any atom is -0.515 e. The second-order valence-electron chi connectivity index (χ2n) is 10.2. The van der Waals surface area contributed by atoms with Gasteiger partial charge in [-0.15, -0.1) is 0 Å². The summed E-state index contributed by atoms with van der Waals surface area (Å²) in [4.78, 5) is 29.6. The number of nitrogens with zero attached hydrogens (tertiary/aromatic N) is 1. The lowest BCUT2D eigenvalue weighted by Gasteiger charge is -2.49. The zero-order valence-corrected chi connectivity index (χ0v) is 19.4. The number of aliphatic hydroxyl groups is 1. The number of halogens is 3. The molecule has 1 heterocycles. The van der Waals surface area contributed by atoms with E-state index in [1.807, 2.05) is 13.0 Å². The minimum atomic E-state index is -0.971. The quantitative estimate of drug-likeness (QED) is 0.436. The zero-order valence-electron chi connectivity index (χ0n) is 19.4. The molecule has 1 amide bonds. The molecule has 0 spiro atoms. The van der Waals surface area contributed by atoms with Gasteiger partial charge in [-0.2, -0.15) is 0 Å². The van der Waals surface area contributed by atoms with Gasteiger partial charge >= 0.3 is 0 Å². The molecule has 5 atom stereocenters. The van der Waals surface area contributed by atoms with Crippen LogP contribution in [0.1, 0.15) is 56.1 Å². The van der Waals surface area contributed by atoms with Crippen molar-refractivity contribution in [2.45, 2.75) is 51.4 Å². The molecule has 2 saturated carbocycles. The summed E-state index contributed by atoms with van der Waals surface area (Å²) in [5.41, 5.74) is 1.42. The fourth-order valence-electron chi connectivity index (χ4n) is 7.00. The van der Waals surface area contributed by atoms with Gasteiger partial charge in [0.05, 0.1) is 12.5 Å². The largest absolute Gasteiger partial charge is 0.515 e. The number of benzene rings is 1. The normalized spacial score (nSPS) is 30.5. The Morgan fingerprint density at radius 2 is 2.06 bits per heavy atom. The van der Waals surface area contributed by atoms with Crippen molar-refractivity contribution in [2.24, 2.45) is 23.2 Å². The van der Waals surface area contributed by atoms with Crippen molar-refractivity contribution < 1.29 is 27.9 Å². The number of carbonyl (C=O) groups excluding carboxylic acids is 2. The summed E-state index contributed by atoms with van der Waals surface area (Å²) in [5.74, 6) is -3.18. The van der Waals surface area contributed by atoms with E-state index in [1.165, 1.54) is 6.07 Å². The highest BCUT2D eigenvalue weighted by molar-refractivity contribution is 6.03. The summed E-state index contributed by atoms with van der Waals surface area (Å²) < 4.78 is 41.5. The lowest BCUT2D eigenvalue weighted by Crippen LogP contribution is -2.44. The van der Waals surface area contributed by atoms with Crippen LogP contribution in [0.4, 0.5) is 19.0 Å². The Kier molecular flexibility index (Phi) is 5.93. The number of anilines is 1. The van der Waals surface area contributed by atoms with Gasteiger partial charge in [0.2, 0.25) is 5.91 Å². The van der Waals surface area contributed by atoms with Crippen molar-refractivity contribution >= 4 is 17.5 Å². The van der Waals surface area contributed by atoms with E-state index in [1.54, 1.807) is 6.07 Å². The van der Waals surface area contributed by atoms with E-state index in [9.17, 15) is 27.9 Å².